The maximum Gasteiger partial charge on any atom is 0.259 e. The number of benzene rings is 2. The highest BCUT2D eigenvalue weighted by molar-refractivity contribution is 6.06. The van der Waals surface area contributed by atoms with Crippen molar-refractivity contribution in [3.8, 4) is 11.5 Å². The number of anilines is 5. The summed E-state index contributed by atoms with van der Waals surface area (Å²) in [7, 11) is 0. The maximum atomic E-state index is 12.6. The number of aromatic nitrogens is 3. The molecule has 0 bridgehead atoms. The van der Waals surface area contributed by atoms with E-state index in [4.69, 9.17) is 15.0 Å². The van der Waals surface area contributed by atoms with Crippen molar-refractivity contribution in [2.45, 2.75) is 45.4 Å². The van der Waals surface area contributed by atoms with Gasteiger partial charge in [0.1, 0.15) is 11.5 Å². The number of nitrogens with one attached hydrogen (secondary N) is 2. The van der Waals surface area contributed by atoms with E-state index in [0.29, 0.717) is 23.5 Å². The van der Waals surface area contributed by atoms with E-state index in [1.165, 1.54) is 25.0 Å². The lowest BCUT2D eigenvalue weighted by Crippen LogP contribution is -2.34. The lowest BCUT2D eigenvalue weighted by molar-refractivity contribution is 0.102. The van der Waals surface area contributed by atoms with E-state index < -0.39 is 5.91 Å². The molecule has 2 saturated heterocycles. The summed E-state index contributed by atoms with van der Waals surface area (Å²) in [5, 5.41) is 25.6. The van der Waals surface area contributed by atoms with E-state index in [9.17, 15) is 15.0 Å². The first kappa shape index (κ1) is 38.0. The number of aromatic hydroxyl groups is 2. The predicted octanol–water partition coefficient (Wildman–Crippen LogP) is 6.62. The third-order valence-electron chi connectivity index (χ3n) is 6.85. The van der Waals surface area contributed by atoms with Crippen molar-refractivity contribution in [1.82, 2.24) is 39.6 Å². The predicted molar refractivity (Wildman–Crippen MR) is 180 cm³/mol. The second kappa shape index (κ2) is 17.1. The van der Waals surface area contributed by atoms with Crippen LogP contribution in [0.2, 0.25) is 0 Å². The zero-order chi connectivity index (χ0) is 25.8. The van der Waals surface area contributed by atoms with Gasteiger partial charge in [0, 0.05) is 49.3 Å². The molecule has 5 rings (SSSR count). The zero-order valence-electron chi connectivity index (χ0n) is 24.3. The Kier molecular flexibility index (Phi) is 15.5. The molecule has 242 valence electrons. The first-order chi connectivity index (χ1) is 18.0. The van der Waals surface area contributed by atoms with Gasteiger partial charge in [-0.3, -0.25) is 4.79 Å². The number of carbonyl (C=O) groups is 1. The molecule has 0 radical (unpaired) electrons. The number of aryl methyl sites for hydroxylation is 1. The number of rotatable bonds is 6. The fourth-order valence-electron chi connectivity index (χ4n) is 4.79. The minimum Gasteiger partial charge on any atom is -0.508 e. The molecule has 3 heterocycles. The molecular formula is C27H54ClN11O3. The molecule has 1 aromatic heterocycles. The van der Waals surface area contributed by atoms with Gasteiger partial charge in [-0.05, 0) is 81.3 Å². The average Bonchev–Trinajstić information content (AvgIpc) is 2.91. The largest absolute Gasteiger partial charge is 0.508 e. The standard InChI is InChI=1S/C27H33N7O3.ClH.4H3N.4H2/c1-18-16-19(8-11-22(18)29-24(37)21-10-9-20(35)17-23(21)36)28-25-30-26(33-12-4-2-5-13-33)32-27(31-25)34-14-6-3-7-15-34;;;;;;;;;/h8-11,16-17,35-36H,2-7,12-15H2,1H3,(H,29,37)(H,28,30,31,32);1H;4*1H3;4*1H. The molecule has 2 aromatic carbocycles. The second-order valence-electron chi connectivity index (χ2n) is 9.66. The normalized spacial score (nSPS) is 14.0. The molecule has 0 aliphatic carbocycles. The van der Waals surface area contributed by atoms with Crippen LogP contribution in [-0.4, -0.2) is 57.3 Å². The van der Waals surface area contributed by atoms with Gasteiger partial charge in [0.05, 0.1) is 5.56 Å². The lowest BCUT2D eigenvalue weighted by atomic mass is 10.1. The van der Waals surface area contributed by atoms with Crippen molar-refractivity contribution in [2.24, 2.45) is 0 Å². The van der Waals surface area contributed by atoms with Crippen molar-refractivity contribution in [2.75, 3.05) is 46.6 Å². The summed E-state index contributed by atoms with van der Waals surface area (Å²) in [6.07, 6.45) is 7.04. The molecule has 3 aromatic rings. The quantitative estimate of drug-likeness (QED) is 0.145. The summed E-state index contributed by atoms with van der Waals surface area (Å²) in [6, 6.07) is 9.44. The molecule has 42 heavy (non-hydrogen) atoms. The number of nitrogens with zero attached hydrogens (tertiary/aromatic N) is 5. The third-order valence-corrected chi connectivity index (χ3v) is 6.85. The molecule has 2 aliphatic heterocycles. The van der Waals surface area contributed by atoms with Crippen LogP contribution in [0, 0.1) is 6.92 Å². The summed E-state index contributed by atoms with van der Waals surface area (Å²) >= 11 is 0. The second-order valence-corrected chi connectivity index (χ2v) is 9.66. The van der Waals surface area contributed by atoms with Crippen LogP contribution in [0.1, 0.15) is 60.2 Å². The number of hydrogen-bond acceptors (Lipinski definition) is 13. The van der Waals surface area contributed by atoms with Gasteiger partial charge in [-0.15, -0.1) is 12.4 Å². The molecule has 1 amide bonds. The Morgan fingerprint density at radius 3 is 1.83 bits per heavy atom. The molecule has 0 spiro atoms. The van der Waals surface area contributed by atoms with Crippen molar-refractivity contribution >= 4 is 47.5 Å². The van der Waals surface area contributed by atoms with Gasteiger partial charge >= 0.3 is 0 Å². The summed E-state index contributed by atoms with van der Waals surface area (Å²) in [5.74, 6) is 1.08. The summed E-state index contributed by atoms with van der Waals surface area (Å²) in [4.78, 5) is 31.5. The van der Waals surface area contributed by atoms with E-state index in [2.05, 4.69) is 20.4 Å². The van der Waals surface area contributed by atoms with E-state index >= 15 is 0 Å². The van der Waals surface area contributed by atoms with Crippen LogP contribution in [0.25, 0.3) is 0 Å². The molecule has 2 fully saturated rings. The highest BCUT2D eigenvalue weighted by atomic mass is 35.5. The zero-order valence-corrected chi connectivity index (χ0v) is 25.1. The molecule has 0 saturated carbocycles. The van der Waals surface area contributed by atoms with Crippen LogP contribution in [-0.2, 0) is 0 Å². The van der Waals surface area contributed by atoms with E-state index in [-0.39, 0.29) is 59.8 Å². The minimum absolute atomic E-state index is 0. The first-order valence-electron chi connectivity index (χ1n) is 12.9. The Morgan fingerprint density at radius 2 is 1.33 bits per heavy atom. The topological polar surface area (TPSA) is 267 Å². The van der Waals surface area contributed by atoms with Crippen molar-refractivity contribution in [3.05, 3.63) is 47.5 Å². The van der Waals surface area contributed by atoms with Crippen molar-refractivity contribution in [3.63, 3.8) is 0 Å². The monoisotopic (exact) mass is 615 g/mol. The number of carbonyl (C=O) groups excluding carboxylic acids is 1. The summed E-state index contributed by atoms with van der Waals surface area (Å²) < 4.78 is 0. The van der Waals surface area contributed by atoms with Crippen molar-refractivity contribution < 1.29 is 20.7 Å². The molecule has 0 unspecified atom stereocenters. The number of phenols is 2. The fraction of sp³-hybridized carbons (Fsp3) is 0.407. The highest BCUT2D eigenvalue weighted by Crippen LogP contribution is 2.28. The third kappa shape index (κ3) is 9.03. The summed E-state index contributed by atoms with van der Waals surface area (Å²) in [6.45, 7) is 5.70. The average molecular weight is 616 g/mol. The van der Waals surface area contributed by atoms with Gasteiger partial charge in [0.25, 0.3) is 5.91 Å². The molecule has 0 atom stereocenters. The Bertz CT molecular complexity index is 1270. The molecule has 2 aliphatic rings. The molecule has 14 nitrogen and oxygen atoms in total. The number of piperidine rings is 2. The molecular weight excluding hydrogens is 562 g/mol. The first-order valence-corrected chi connectivity index (χ1v) is 12.9. The lowest BCUT2D eigenvalue weighted by Gasteiger charge is -2.30. The number of halogens is 1. The fourth-order valence-corrected chi connectivity index (χ4v) is 4.79. The maximum absolute atomic E-state index is 12.6. The van der Waals surface area contributed by atoms with E-state index in [1.807, 2.05) is 19.1 Å². The van der Waals surface area contributed by atoms with Gasteiger partial charge in [0.2, 0.25) is 17.8 Å². The number of phenolic OH excluding ortho intramolecular Hbond substituents is 2. The van der Waals surface area contributed by atoms with Crippen molar-refractivity contribution in [1.29, 1.82) is 0 Å². The number of hydrogen-bond donors (Lipinski definition) is 8. The molecule has 15 heteroatoms. The van der Waals surface area contributed by atoms with Gasteiger partial charge in [-0.25, -0.2) is 0 Å². The van der Waals surface area contributed by atoms with Crippen LogP contribution < -0.4 is 45.0 Å². The minimum atomic E-state index is -0.462. The Morgan fingerprint density at radius 1 is 0.786 bits per heavy atom. The Balaban J connectivity index is -0.000000623. The van der Waals surface area contributed by atoms with Crippen LogP contribution in [0.15, 0.2) is 36.4 Å². The number of amides is 1. The van der Waals surface area contributed by atoms with Crippen LogP contribution in [0.3, 0.4) is 0 Å². The van der Waals surface area contributed by atoms with Crippen LogP contribution in [0.4, 0.5) is 29.2 Å². The smallest absolute Gasteiger partial charge is 0.259 e. The summed E-state index contributed by atoms with van der Waals surface area (Å²) in [5.41, 5.74) is 2.32. The Labute approximate surface area is 259 Å². The molecule has 16 N–H and O–H groups in total. The highest BCUT2D eigenvalue weighted by Gasteiger charge is 2.21. The van der Waals surface area contributed by atoms with Crippen LogP contribution in [0.5, 0.6) is 11.5 Å². The Hall–Kier alpha value is -3.95. The van der Waals surface area contributed by atoms with Gasteiger partial charge in [0.15, 0.2) is 0 Å². The van der Waals surface area contributed by atoms with Gasteiger partial charge < -0.3 is 55.2 Å². The van der Waals surface area contributed by atoms with Gasteiger partial charge in [-0.2, -0.15) is 15.0 Å². The SMILES string of the molecule is Cc1cc(Nc2nc(N3CCCCC3)nc(N3CCCCC3)n2)ccc1NC(=O)c1ccc(O)cc1O.Cl.N.N.N.N.[HH].[HH].[HH].[HH]. The van der Waals surface area contributed by atoms with E-state index in [1.54, 1.807) is 6.07 Å². The van der Waals surface area contributed by atoms with Gasteiger partial charge in [-0.1, -0.05) is 0 Å². The van der Waals surface area contributed by atoms with Crippen LogP contribution >= 0.6 is 12.4 Å². The van der Waals surface area contributed by atoms with E-state index in [0.717, 1.165) is 69.2 Å².